The number of ether oxygens (including phenoxy) is 4. The van der Waals surface area contributed by atoms with Crippen LogP contribution in [-0.4, -0.2) is 77.9 Å². The van der Waals surface area contributed by atoms with Crippen molar-refractivity contribution in [3.05, 3.63) is 64.2 Å². The Labute approximate surface area is 210 Å². The van der Waals surface area contributed by atoms with Crippen LogP contribution in [0.25, 0.3) is 0 Å². The highest BCUT2D eigenvalue weighted by Crippen LogP contribution is 2.44. The van der Waals surface area contributed by atoms with E-state index in [4.69, 9.17) is 18.9 Å². The Morgan fingerprint density at radius 3 is 2.42 bits per heavy atom. The van der Waals surface area contributed by atoms with Crippen molar-refractivity contribution in [2.24, 2.45) is 0 Å². The number of nitrogens with zero attached hydrogens (tertiary/aromatic N) is 1. The molecule has 2 fully saturated rings. The molecule has 9 nitrogen and oxygen atoms in total. The molecule has 9 heteroatoms. The topological polar surface area (TPSA) is 142 Å². The summed E-state index contributed by atoms with van der Waals surface area (Å²) in [7, 11) is 1.30. The molecule has 2 aromatic rings. The molecule has 2 heterocycles. The quantitative estimate of drug-likeness (QED) is 0.421. The zero-order valence-corrected chi connectivity index (χ0v) is 20.5. The SMILES string of the molecule is CCc1ccc(Cc2cc([C@]3(OC)O[C@H](CO)[C@@H](O)[C@H](O)[C@H]3O)c(OC3CCOC3)cc2C#N)cc1. The Balaban J connectivity index is 1.84. The molecule has 2 aromatic carbocycles. The van der Waals surface area contributed by atoms with Gasteiger partial charge in [0.2, 0.25) is 5.79 Å². The van der Waals surface area contributed by atoms with Gasteiger partial charge in [0.15, 0.2) is 0 Å². The van der Waals surface area contributed by atoms with E-state index in [0.29, 0.717) is 37.2 Å². The largest absolute Gasteiger partial charge is 0.487 e. The molecule has 1 unspecified atom stereocenters. The highest BCUT2D eigenvalue weighted by molar-refractivity contribution is 5.52. The molecule has 0 bridgehead atoms. The van der Waals surface area contributed by atoms with Crippen molar-refractivity contribution in [3.8, 4) is 11.8 Å². The number of aliphatic hydroxyl groups is 4. The predicted octanol–water partition coefficient (Wildman–Crippen LogP) is 1.15. The van der Waals surface area contributed by atoms with E-state index in [2.05, 4.69) is 13.0 Å². The van der Waals surface area contributed by atoms with Crippen molar-refractivity contribution in [2.45, 2.75) is 62.5 Å². The molecule has 0 aliphatic carbocycles. The lowest BCUT2D eigenvalue weighted by Crippen LogP contribution is -2.64. The molecular weight excluding hydrogens is 466 g/mol. The summed E-state index contributed by atoms with van der Waals surface area (Å²) < 4.78 is 23.2. The van der Waals surface area contributed by atoms with E-state index in [1.54, 1.807) is 12.1 Å². The van der Waals surface area contributed by atoms with Crippen molar-refractivity contribution in [1.82, 2.24) is 0 Å². The van der Waals surface area contributed by atoms with Gasteiger partial charge in [0.05, 0.1) is 37.0 Å². The van der Waals surface area contributed by atoms with Gasteiger partial charge in [0.1, 0.15) is 36.3 Å². The molecule has 4 rings (SSSR count). The third-order valence-electron chi connectivity index (χ3n) is 6.96. The van der Waals surface area contributed by atoms with E-state index < -0.39 is 36.8 Å². The van der Waals surface area contributed by atoms with Crippen LogP contribution < -0.4 is 4.74 Å². The van der Waals surface area contributed by atoms with Crippen LogP contribution in [-0.2, 0) is 32.8 Å². The summed E-state index contributed by atoms with van der Waals surface area (Å²) >= 11 is 0. The summed E-state index contributed by atoms with van der Waals surface area (Å²) in [5, 5.41) is 51.8. The van der Waals surface area contributed by atoms with E-state index in [-0.39, 0.29) is 17.4 Å². The first-order chi connectivity index (χ1) is 17.4. The second-order valence-electron chi connectivity index (χ2n) is 9.20. The van der Waals surface area contributed by atoms with Crippen LogP contribution >= 0.6 is 0 Å². The highest BCUT2D eigenvalue weighted by atomic mass is 16.7. The fourth-order valence-corrected chi connectivity index (χ4v) is 4.79. The molecular formula is C27H33NO8. The number of hydrogen-bond acceptors (Lipinski definition) is 9. The van der Waals surface area contributed by atoms with Crippen molar-refractivity contribution >= 4 is 0 Å². The average Bonchev–Trinajstić information content (AvgIpc) is 3.42. The Bertz CT molecular complexity index is 1080. The molecule has 36 heavy (non-hydrogen) atoms. The molecule has 0 saturated carbocycles. The van der Waals surface area contributed by atoms with Gasteiger partial charge in [-0.05, 0) is 41.7 Å². The fraction of sp³-hybridized carbons (Fsp3) is 0.519. The van der Waals surface area contributed by atoms with E-state index in [9.17, 15) is 25.7 Å². The third-order valence-corrected chi connectivity index (χ3v) is 6.96. The summed E-state index contributed by atoms with van der Waals surface area (Å²) in [5.74, 6) is -1.75. The minimum Gasteiger partial charge on any atom is -0.487 e. The van der Waals surface area contributed by atoms with Gasteiger partial charge in [-0.3, -0.25) is 0 Å². The van der Waals surface area contributed by atoms with Crippen LogP contribution in [0.3, 0.4) is 0 Å². The average molecular weight is 500 g/mol. The molecule has 0 radical (unpaired) electrons. The van der Waals surface area contributed by atoms with Crippen LogP contribution in [0.15, 0.2) is 36.4 Å². The van der Waals surface area contributed by atoms with Crippen LogP contribution in [0.4, 0.5) is 0 Å². The van der Waals surface area contributed by atoms with Crippen LogP contribution in [0.2, 0.25) is 0 Å². The van der Waals surface area contributed by atoms with Gasteiger partial charge < -0.3 is 39.4 Å². The number of aryl methyl sites for hydroxylation is 1. The Kier molecular flexibility index (Phi) is 8.27. The van der Waals surface area contributed by atoms with Gasteiger partial charge >= 0.3 is 0 Å². The minimum absolute atomic E-state index is 0.230. The second kappa shape index (κ2) is 11.2. The Morgan fingerprint density at radius 2 is 1.83 bits per heavy atom. The molecule has 0 amide bonds. The van der Waals surface area contributed by atoms with Gasteiger partial charge in [-0.2, -0.15) is 5.26 Å². The van der Waals surface area contributed by atoms with Gasteiger partial charge in [0, 0.05) is 13.5 Å². The predicted molar refractivity (Wildman–Crippen MR) is 128 cm³/mol. The summed E-state index contributed by atoms with van der Waals surface area (Å²) in [6.45, 7) is 2.35. The standard InChI is InChI=1S/C27H33NO8/c1-3-16-4-6-17(7-5-16)10-18-11-21(22(12-19(18)13-28)35-20-8-9-34-15-20)27(33-2)26(32)25(31)24(30)23(14-29)36-27/h4-7,11-12,20,23-26,29-32H,3,8-10,14-15H2,1-2H3/t20?,23-,24-,25+,26-,27+/m1/s1. The van der Waals surface area contributed by atoms with Crippen LogP contribution in [0, 0.1) is 11.3 Å². The maximum absolute atomic E-state index is 11.1. The first-order valence-corrected chi connectivity index (χ1v) is 12.1. The van der Waals surface area contributed by atoms with Gasteiger partial charge in [-0.25, -0.2) is 0 Å². The van der Waals surface area contributed by atoms with Crippen molar-refractivity contribution in [2.75, 3.05) is 26.9 Å². The molecule has 2 saturated heterocycles. The molecule has 0 spiro atoms. The normalized spacial score (nSPS) is 30.2. The van der Waals surface area contributed by atoms with E-state index in [1.807, 2.05) is 24.3 Å². The number of methoxy groups -OCH3 is 1. The molecule has 194 valence electrons. The number of nitriles is 1. The van der Waals surface area contributed by atoms with Crippen molar-refractivity contribution < 1.29 is 39.4 Å². The lowest BCUT2D eigenvalue weighted by molar-refractivity contribution is -0.366. The second-order valence-corrected chi connectivity index (χ2v) is 9.20. The smallest absolute Gasteiger partial charge is 0.228 e. The van der Waals surface area contributed by atoms with E-state index in [0.717, 1.165) is 12.0 Å². The number of hydrogen-bond donors (Lipinski definition) is 4. The summed E-state index contributed by atoms with van der Waals surface area (Å²) in [6.07, 6.45) is -4.47. The van der Waals surface area contributed by atoms with Gasteiger partial charge in [-0.15, -0.1) is 0 Å². The minimum atomic E-state index is -1.98. The summed E-state index contributed by atoms with van der Waals surface area (Å²) in [5.41, 5.74) is 3.44. The number of rotatable bonds is 8. The lowest BCUT2D eigenvalue weighted by atomic mass is 9.85. The molecule has 2 aliphatic heterocycles. The summed E-state index contributed by atoms with van der Waals surface area (Å²) in [6, 6.07) is 13.5. The van der Waals surface area contributed by atoms with Crippen LogP contribution in [0.5, 0.6) is 5.75 Å². The first-order valence-electron chi connectivity index (χ1n) is 12.1. The lowest BCUT2D eigenvalue weighted by Gasteiger charge is -2.48. The third kappa shape index (κ3) is 4.99. The van der Waals surface area contributed by atoms with Crippen LogP contribution in [0.1, 0.15) is 41.2 Å². The maximum Gasteiger partial charge on any atom is 0.228 e. The highest BCUT2D eigenvalue weighted by Gasteiger charge is 2.56. The molecule has 6 atom stereocenters. The zero-order chi connectivity index (χ0) is 25.9. The maximum atomic E-state index is 11.1. The van der Waals surface area contributed by atoms with E-state index >= 15 is 0 Å². The monoisotopic (exact) mass is 499 g/mol. The van der Waals surface area contributed by atoms with Gasteiger partial charge in [0.25, 0.3) is 0 Å². The Morgan fingerprint density at radius 1 is 1.11 bits per heavy atom. The molecule has 0 aromatic heterocycles. The number of aliphatic hydroxyl groups excluding tert-OH is 4. The number of benzene rings is 2. The van der Waals surface area contributed by atoms with Crippen molar-refractivity contribution in [1.29, 1.82) is 5.26 Å². The Hall–Kier alpha value is -2.55. The zero-order valence-electron chi connectivity index (χ0n) is 20.5. The fourth-order valence-electron chi connectivity index (χ4n) is 4.79. The van der Waals surface area contributed by atoms with Gasteiger partial charge in [-0.1, -0.05) is 31.2 Å². The first kappa shape index (κ1) is 26.5. The molecule has 2 aliphatic rings. The summed E-state index contributed by atoms with van der Waals surface area (Å²) in [4.78, 5) is 0. The molecule has 4 N–H and O–H groups in total. The van der Waals surface area contributed by atoms with Crippen molar-refractivity contribution in [3.63, 3.8) is 0 Å². The van der Waals surface area contributed by atoms with E-state index in [1.165, 1.54) is 12.7 Å².